The molecule has 0 aliphatic heterocycles. The Labute approximate surface area is 108 Å². The van der Waals surface area contributed by atoms with Gasteiger partial charge >= 0.3 is 0 Å². The highest BCUT2D eigenvalue weighted by Gasteiger charge is 2.08. The van der Waals surface area contributed by atoms with Crippen molar-refractivity contribution in [1.82, 2.24) is 5.32 Å². The van der Waals surface area contributed by atoms with E-state index < -0.39 is 0 Å². The summed E-state index contributed by atoms with van der Waals surface area (Å²) >= 11 is 3.34. The summed E-state index contributed by atoms with van der Waals surface area (Å²) in [6.45, 7) is 2.68. The molecule has 0 saturated heterocycles. The topological polar surface area (TPSA) is 25.2 Å². The molecule has 17 heavy (non-hydrogen) atoms. The molecule has 1 aromatic carbocycles. The largest absolute Gasteiger partial charge is 0.468 e. The van der Waals surface area contributed by atoms with Crippen LogP contribution in [0.5, 0.6) is 0 Å². The summed E-state index contributed by atoms with van der Waals surface area (Å²) in [6.07, 6.45) is 1.65. The average Bonchev–Trinajstić information content (AvgIpc) is 2.81. The molecule has 1 N–H and O–H groups in total. The molecule has 1 aromatic heterocycles. The minimum Gasteiger partial charge on any atom is -0.468 e. The molecule has 90 valence electrons. The Morgan fingerprint density at radius 1 is 1.41 bits per heavy atom. The molecule has 0 fully saturated rings. The smallest absolute Gasteiger partial charge is 0.124 e. The van der Waals surface area contributed by atoms with Gasteiger partial charge in [0, 0.05) is 11.0 Å². The molecule has 1 heterocycles. The first kappa shape index (κ1) is 12.3. The van der Waals surface area contributed by atoms with Gasteiger partial charge in [-0.25, -0.2) is 4.39 Å². The van der Waals surface area contributed by atoms with Crippen LogP contribution in [-0.4, -0.2) is 0 Å². The Morgan fingerprint density at radius 3 is 2.88 bits per heavy atom. The van der Waals surface area contributed by atoms with Crippen molar-refractivity contribution < 1.29 is 8.81 Å². The van der Waals surface area contributed by atoms with Crippen LogP contribution in [0.2, 0.25) is 0 Å². The summed E-state index contributed by atoms with van der Waals surface area (Å²) in [7, 11) is 0. The Kier molecular flexibility index (Phi) is 3.97. The Bertz CT molecular complexity index is 484. The number of hydrogen-bond donors (Lipinski definition) is 1. The van der Waals surface area contributed by atoms with E-state index in [1.165, 1.54) is 12.1 Å². The van der Waals surface area contributed by atoms with E-state index in [9.17, 15) is 4.39 Å². The van der Waals surface area contributed by atoms with Gasteiger partial charge in [0.1, 0.15) is 11.6 Å². The SMILES string of the molecule is CC(NCc1ccc(F)cc1Br)c1ccco1. The molecule has 2 nitrogen and oxygen atoms in total. The maximum Gasteiger partial charge on any atom is 0.124 e. The first-order valence-electron chi connectivity index (χ1n) is 5.37. The van der Waals surface area contributed by atoms with Crippen LogP contribution in [0.3, 0.4) is 0 Å². The van der Waals surface area contributed by atoms with Gasteiger partial charge in [0.15, 0.2) is 0 Å². The lowest BCUT2D eigenvalue weighted by Crippen LogP contribution is -2.17. The minimum absolute atomic E-state index is 0.127. The molecule has 0 aliphatic rings. The number of furan rings is 1. The van der Waals surface area contributed by atoms with Crippen molar-refractivity contribution in [3.63, 3.8) is 0 Å². The van der Waals surface area contributed by atoms with Crippen molar-refractivity contribution in [3.8, 4) is 0 Å². The molecule has 0 saturated carbocycles. The second-order valence-corrected chi connectivity index (χ2v) is 4.71. The van der Waals surface area contributed by atoms with E-state index in [-0.39, 0.29) is 11.9 Å². The van der Waals surface area contributed by atoms with Gasteiger partial charge in [-0.15, -0.1) is 0 Å². The Hall–Kier alpha value is -1.13. The Balaban J connectivity index is 1.98. The molecule has 2 rings (SSSR count). The third-order valence-electron chi connectivity index (χ3n) is 2.58. The fraction of sp³-hybridized carbons (Fsp3) is 0.231. The second-order valence-electron chi connectivity index (χ2n) is 3.85. The van der Waals surface area contributed by atoms with Crippen LogP contribution in [0.4, 0.5) is 4.39 Å². The van der Waals surface area contributed by atoms with Crippen LogP contribution in [0.15, 0.2) is 45.5 Å². The highest BCUT2D eigenvalue weighted by Crippen LogP contribution is 2.19. The van der Waals surface area contributed by atoms with Crippen molar-refractivity contribution >= 4 is 15.9 Å². The zero-order chi connectivity index (χ0) is 12.3. The first-order valence-corrected chi connectivity index (χ1v) is 6.17. The molecule has 0 bridgehead atoms. The number of halogens is 2. The van der Waals surface area contributed by atoms with Crippen LogP contribution in [0.1, 0.15) is 24.3 Å². The van der Waals surface area contributed by atoms with Crippen molar-refractivity contribution in [1.29, 1.82) is 0 Å². The molecule has 0 aliphatic carbocycles. The number of benzene rings is 1. The van der Waals surface area contributed by atoms with Crippen molar-refractivity contribution in [2.45, 2.75) is 19.5 Å². The van der Waals surface area contributed by atoms with Crippen LogP contribution in [0.25, 0.3) is 0 Å². The zero-order valence-electron chi connectivity index (χ0n) is 9.41. The molecule has 0 spiro atoms. The van der Waals surface area contributed by atoms with Gasteiger partial charge < -0.3 is 9.73 Å². The van der Waals surface area contributed by atoms with Crippen molar-refractivity contribution in [2.24, 2.45) is 0 Å². The monoisotopic (exact) mass is 297 g/mol. The number of rotatable bonds is 4. The molecule has 1 atom stereocenters. The molecule has 1 unspecified atom stereocenters. The fourth-order valence-corrected chi connectivity index (χ4v) is 2.06. The van der Waals surface area contributed by atoms with Crippen LogP contribution >= 0.6 is 15.9 Å². The maximum atomic E-state index is 12.9. The number of nitrogens with one attached hydrogen (secondary N) is 1. The summed E-state index contributed by atoms with van der Waals surface area (Å²) in [6, 6.07) is 8.61. The quantitative estimate of drug-likeness (QED) is 0.922. The fourth-order valence-electron chi connectivity index (χ4n) is 1.57. The molecule has 2 aromatic rings. The highest BCUT2D eigenvalue weighted by molar-refractivity contribution is 9.10. The summed E-state index contributed by atoms with van der Waals surface area (Å²) in [5, 5.41) is 3.32. The standard InChI is InChI=1S/C13H13BrFNO/c1-9(13-3-2-6-17-13)16-8-10-4-5-11(15)7-12(10)14/h2-7,9,16H,8H2,1H3. The molecule has 4 heteroatoms. The lowest BCUT2D eigenvalue weighted by atomic mass is 10.2. The summed E-state index contributed by atoms with van der Waals surface area (Å²) in [5.41, 5.74) is 1.02. The number of hydrogen-bond acceptors (Lipinski definition) is 2. The van der Waals surface area contributed by atoms with E-state index in [1.807, 2.05) is 19.1 Å². The first-order chi connectivity index (χ1) is 8.16. The van der Waals surface area contributed by atoms with Gasteiger partial charge in [-0.05, 0) is 36.8 Å². The molecular formula is C13H13BrFNO. The average molecular weight is 298 g/mol. The van der Waals surface area contributed by atoms with Gasteiger partial charge in [0.05, 0.1) is 12.3 Å². The van der Waals surface area contributed by atoms with E-state index >= 15 is 0 Å². The van der Waals surface area contributed by atoms with E-state index in [0.717, 1.165) is 15.8 Å². The summed E-state index contributed by atoms with van der Waals surface area (Å²) < 4.78 is 19.0. The van der Waals surface area contributed by atoms with Crippen LogP contribution in [-0.2, 0) is 6.54 Å². The van der Waals surface area contributed by atoms with Gasteiger partial charge in [0.2, 0.25) is 0 Å². The van der Waals surface area contributed by atoms with Crippen LogP contribution < -0.4 is 5.32 Å². The second kappa shape index (κ2) is 5.47. The zero-order valence-corrected chi connectivity index (χ0v) is 11.0. The van der Waals surface area contributed by atoms with Gasteiger partial charge in [-0.3, -0.25) is 0 Å². The molecule has 0 amide bonds. The van der Waals surface area contributed by atoms with Crippen molar-refractivity contribution in [2.75, 3.05) is 0 Å². The van der Waals surface area contributed by atoms with E-state index in [1.54, 1.807) is 12.3 Å². The van der Waals surface area contributed by atoms with Crippen LogP contribution in [0, 0.1) is 5.82 Å². The minimum atomic E-state index is -0.236. The molecular weight excluding hydrogens is 285 g/mol. The summed E-state index contributed by atoms with van der Waals surface area (Å²) in [4.78, 5) is 0. The lowest BCUT2D eigenvalue weighted by Gasteiger charge is -2.12. The van der Waals surface area contributed by atoms with Gasteiger partial charge in [-0.1, -0.05) is 22.0 Å². The third kappa shape index (κ3) is 3.17. The van der Waals surface area contributed by atoms with Gasteiger partial charge in [-0.2, -0.15) is 0 Å². The van der Waals surface area contributed by atoms with Gasteiger partial charge in [0.25, 0.3) is 0 Å². The van der Waals surface area contributed by atoms with Crippen molar-refractivity contribution in [3.05, 3.63) is 58.2 Å². The third-order valence-corrected chi connectivity index (χ3v) is 3.32. The maximum absolute atomic E-state index is 12.9. The highest BCUT2D eigenvalue weighted by atomic mass is 79.9. The Morgan fingerprint density at radius 2 is 2.24 bits per heavy atom. The van der Waals surface area contributed by atoms with E-state index in [4.69, 9.17) is 4.42 Å². The predicted octanol–water partition coefficient (Wildman–Crippen LogP) is 4.03. The summed E-state index contributed by atoms with van der Waals surface area (Å²) in [5.74, 6) is 0.656. The molecule has 0 radical (unpaired) electrons. The predicted molar refractivity (Wildman–Crippen MR) is 68.1 cm³/mol. The lowest BCUT2D eigenvalue weighted by molar-refractivity contribution is 0.430. The van der Waals surface area contributed by atoms with E-state index in [0.29, 0.717) is 6.54 Å². The van der Waals surface area contributed by atoms with E-state index in [2.05, 4.69) is 21.2 Å². The normalized spacial score (nSPS) is 12.6.